The molecule has 0 unspecified atom stereocenters. The number of rotatable bonds is 7. The second kappa shape index (κ2) is 8.53. The van der Waals surface area contributed by atoms with Crippen molar-refractivity contribution in [3.05, 3.63) is 17.5 Å². The van der Waals surface area contributed by atoms with E-state index >= 15 is 0 Å². The van der Waals surface area contributed by atoms with Gasteiger partial charge in [-0.2, -0.15) is 0 Å². The number of aliphatic imine (C=N–C) groups is 1. The molecule has 1 aromatic rings. The van der Waals surface area contributed by atoms with Crippen LogP contribution in [0.4, 0.5) is 0 Å². The van der Waals surface area contributed by atoms with Crippen LogP contribution in [-0.2, 0) is 11.3 Å². The summed E-state index contributed by atoms with van der Waals surface area (Å²) in [6.07, 6.45) is 0.941. The van der Waals surface area contributed by atoms with Crippen LogP contribution in [0.2, 0.25) is 0 Å². The summed E-state index contributed by atoms with van der Waals surface area (Å²) in [5.41, 5.74) is 0.972. The van der Waals surface area contributed by atoms with Gasteiger partial charge in [0.2, 0.25) is 0 Å². The Morgan fingerprint density at radius 1 is 1.47 bits per heavy atom. The maximum Gasteiger partial charge on any atom is 0.191 e. The molecule has 0 amide bonds. The molecular formula is C13H24N4O2. The van der Waals surface area contributed by atoms with Crippen molar-refractivity contribution in [1.82, 2.24) is 15.8 Å². The standard InChI is InChI=1S/C13H24N4O2/c1-10(2)12-8-11(19-17-12)9-16-13(14-3)15-6-5-7-18-4/h8,10H,5-7,9H2,1-4H3,(H2,14,15,16). The molecule has 19 heavy (non-hydrogen) atoms. The summed E-state index contributed by atoms with van der Waals surface area (Å²) in [7, 11) is 3.44. The van der Waals surface area contributed by atoms with E-state index in [0.29, 0.717) is 12.5 Å². The van der Waals surface area contributed by atoms with Gasteiger partial charge in [-0.25, -0.2) is 0 Å². The minimum Gasteiger partial charge on any atom is -0.385 e. The minimum atomic E-state index is 0.379. The van der Waals surface area contributed by atoms with Gasteiger partial charge in [0.1, 0.15) is 0 Å². The SMILES string of the molecule is CN=C(NCCCOC)NCc1cc(C(C)C)no1. The lowest BCUT2D eigenvalue weighted by Gasteiger charge is -2.10. The largest absolute Gasteiger partial charge is 0.385 e. The zero-order valence-corrected chi connectivity index (χ0v) is 12.2. The van der Waals surface area contributed by atoms with E-state index in [0.717, 1.165) is 37.0 Å². The molecule has 6 nitrogen and oxygen atoms in total. The van der Waals surface area contributed by atoms with Crippen molar-refractivity contribution in [2.75, 3.05) is 27.3 Å². The predicted molar refractivity (Wildman–Crippen MR) is 75.3 cm³/mol. The molecule has 0 atom stereocenters. The first-order valence-electron chi connectivity index (χ1n) is 6.56. The lowest BCUT2D eigenvalue weighted by atomic mass is 10.1. The highest BCUT2D eigenvalue weighted by Crippen LogP contribution is 2.13. The highest BCUT2D eigenvalue weighted by molar-refractivity contribution is 5.79. The van der Waals surface area contributed by atoms with Crippen LogP contribution >= 0.6 is 0 Å². The highest BCUT2D eigenvalue weighted by atomic mass is 16.5. The molecule has 0 saturated carbocycles. The minimum absolute atomic E-state index is 0.379. The lowest BCUT2D eigenvalue weighted by molar-refractivity contribution is 0.195. The summed E-state index contributed by atoms with van der Waals surface area (Å²) >= 11 is 0. The Morgan fingerprint density at radius 2 is 2.26 bits per heavy atom. The van der Waals surface area contributed by atoms with Crippen molar-refractivity contribution in [2.45, 2.75) is 32.7 Å². The van der Waals surface area contributed by atoms with Crippen LogP contribution in [0.5, 0.6) is 0 Å². The van der Waals surface area contributed by atoms with E-state index in [2.05, 4.69) is 34.6 Å². The van der Waals surface area contributed by atoms with Crippen molar-refractivity contribution in [3.63, 3.8) is 0 Å². The van der Waals surface area contributed by atoms with Crippen LogP contribution in [0.3, 0.4) is 0 Å². The van der Waals surface area contributed by atoms with Crippen LogP contribution in [0, 0.1) is 0 Å². The Balaban J connectivity index is 2.32. The molecule has 0 fully saturated rings. The molecular weight excluding hydrogens is 244 g/mol. The zero-order valence-electron chi connectivity index (χ0n) is 12.2. The molecule has 0 radical (unpaired) electrons. The molecule has 0 bridgehead atoms. The van der Waals surface area contributed by atoms with Gasteiger partial charge >= 0.3 is 0 Å². The molecule has 0 aliphatic rings. The second-order valence-electron chi connectivity index (χ2n) is 4.57. The van der Waals surface area contributed by atoms with E-state index < -0.39 is 0 Å². The average Bonchev–Trinajstić information content (AvgIpc) is 2.87. The number of hydrogen-bond donors (Lipinski definition) is 2. The fourth-order valence-corrected chi connectivity index (χ4v) is 1.50. The van der Waals surface area contributed by atoms with Gasteiger partial charge in [0.15, 0.2) is 11.7 Å². The summed E-state index contributed by atoms with van der Waals surface area (Å²) in [5.74, 6) is 1.94. The number of aromatic nitrogens is 1. The number of methoxy groups -OCH3 is 1. The zero-order chi connectivity index (χ0) is 14.1. The van der Waals surface area contributed by atoms with Crippen molar-refractivity contribution in [2.24, 2.45) is 4.99 Å². The second-order valence-corrected chi connectivity index (χ2v) is 4.57. The van der Waals surface area contributed by atoms with Crippen LogP contribution < -0.4 is 10.6 Å². The van der Waals surface area contributed by atoms with Crippen molar-refractivity contribution >= 4 is 5.96 Å². The van der Waals surface area contributed by atoms with Crippen LogP contribution in [0.25, 0.3) is 0 Å². The number of nitrogens with one attached hydrogen (secondary N) is 2. The Kier molecular flexibility index (Phi) is 6.95. The first-order valence-corrected chi connectivity index (χ1v) is 6.56. The molecule has 0 spiro atoms. The van der Waals surface area contributed by atoms with E-state index in [1.165, 1.54) is 0 Å². The molecule has 1 heterocycles. The van der Waals surface area contributed by atoms with E-state index in [9.17, 15) is 0 Å². The van der Waals surface area contributed by atoms with E-state index in [4.69, 9.17) is 9.26 Å². The third kappa shape index (κ3) is 5.74. The first-order chi connectivity index (χ1) is 9.17. The third-order valence-electron chi connectivity index (χ3n) is 2.64. The Labute approximate surface area is 114 Å². The smallest absolute Gasteiger partial charge is 0.191 e. The highest BCUT2D eigenvalue weighted by Gasteiger charge is 2.07. The van der Waals surface area contributed by atoms with Gasteiger partial charge in [-0.15, -0.1) is 0 Å². The fraction of sp³-hybridized carbons (Fsp3) is 0.692. The molecule has 1 aromatic heterocycles. The Hall–Kier alpha value is -1.56. The normalized spacial score (nSPS) is 11.9. The Morgan fingerprint density at radius 3 is 2.84 bits per heavy atom. The van der Waals surface area contributed by atoms with Crippen molar-refractivity contribution < 1.29 is 9.26 Å². The van der Waals surface area contributed by atoms with Gasteiger partial charge in [0.25, 0.3) is 0 Å². The van der Waals surface area contributed by atoms with Crippen molar-refractivity contribution in [3.8, 4) is 0 Å². The van der Waals surface area contributed by atoms with Crippen LogP contribution in [0.1, 0.15) is 37.6 Å². The van der Waals surface area contributed by atoms with E-state index in [1.54, 1.807) is 14.2 Å². The monoisotopic (exact) mass is 268 g/mol. The summed E-state index contributed by atoms with van der Waals surface area (Å²) < 4.78 is 10.2. The number of nitrogens with zero attached hydrogens (tertiary/aromatic N) is 2. The van der Waals surface area contributed by atoms with Crippen LogP contribution in [0.15, 0.2) is 15.6 Å². The summed E-state index contributed by atoms with van der Waals surface area (Å²) in [5, 5.41) is 10.4. The molecule has 0 aromatic carbocycles. The maximum absolute atomic E-state index is 5.25. The molecule has 0 saturated heterocycles. The van der Waals surface area contributed by atoms with Gasteiger partial charge in [-0.3, -0.25) is 4.99 Å². The quantitative estimate of drug-likeness (QED) is 0.445. The molecule has 108 valence electrons. The first kappa shape index (κ1) is 15.5. The predicted octanol–water partition coefficient (Wildman–Crippen LogP) is 1.50. The van der Waals surface area contributed by atoms with Gasteiger partial charge in [0.05, 0.1) is 12.2 Å². The van der Waals surface area contributed by atoms with Gasteiger partial charge in [-0.05, 0) is 12.3 Å². The van der Waals surface area contributed by atoms with Crippen LogP contribution in [-0.4, -0.2) is 38.4 Å². The Bertz CT molecular complexity index is 388. The number of guanidine groups is 1. The van der Waals surface area contributed by atoms with Crippen molar-refractivity contribution in [1.29, 1.82) is 0 Å². The molecule has 2 N–H and O–H groups in total. The maximum atomic E-state index is 5.25. The molecule has 6 heteroatoms. The average molecular weight is 268 g/mol. The fourth-order valence-electron chi connectivity index (χ4n) is 1.50. The van der Waals surface area contributed by atoms with Gasteiger partial charge < -0.3 is 19.9 Å². The number of ether oxygens (including phenoxy) is 1. The molecule has 0 aliphatic carbocycles. The summed E-state index contributed by atoms with van der Waals surface area (Å²) in [6.45, 7) is 6.31. The lowest BCUT2D eigenvalue weighted by Crippen LogP contribution is -2.37. The third-order valence-corrected chi connectivity index (χ3v) is 2.64. The summed E-state index contributed by atoms with van der Waals surface area (Å²) in [4.78, 5) is 4.13. The number of hydrogen-bond acceptors (Lipinski definition) is 4. The molecule has 0 aliphatic heterocycles. The summed E-state index contributed by atoms with van der Waals surface area (Å²) in [6, 6.07) is 1.97. The topological polar surface area (TPSA) is 71.7 Å². The van der Waals surface area contributed by atoms with Gasteiger partial charge in [0, 0.05) is 33.4 Å². The van der Waals surface area contributed by atoms with E-state index in [-0.39, 0.29) is 0 Å². The van der Waals surface area contributed by atoms with Gasteiger partial charge in [-0.1, -0.05) is 19.0 Å². The molecule has 1 rings (SSSR count). The van der Waals surface area contributed by atoms with E-state index in [1.807, 2.05) is 6.07 Å².